The molecule has 0 aliphatic carbocycles. The number of hydrogen-bond donors (Lipinski definition) is 1. The number of aromatic nitrogens is 2. The maximum absolute atomic E-state index is 12.7. The number of anilines is 5. The summed E-state index contributed by atoms with van der Waals surface area (Å²) >= 11 is 0. The second-order valence-corrected chi connectivity index (χ2v) is 12.3. The van der Waals surface area contributed by atoms with Crippen molar-refractivity contribution in [3.05, 3.63) is 65.4 Å². The second kappa shape index (κ2) is 8.34. The second-order valence-electron chi connectivity index (χ2n) is 10.2. The van der Waals surface area contributed by atoms with E-state index in [1.165, 1.54) is 5.56 Å². The van der Waals surface area contributed by atoms with Crippen molar-refractivity contribution < 1.29 is 13.2 Å². The van der Waals surface area contributed by atoms with Gasteiger partial charge in [0, 0.05) is 31.4 Å². The molecule has 0 radical (unpaired) electrons. The largest absolute Gasteiger partial charge is 0.324 e. The summed E-state index contributed by atoms with van der Waals surface area (Å²) in [6, 6.07) is 13.9. The first kappa shape index (κ1) is 23.3. The molecule has 2 aliphatic heterocycles. The number of nitrogens with zero attached hydrogens (tertiary/aromatic N) is 4. The van der Waals surface area contributed by atoms with Crippen molar-refractivity contribution in [1.82, 2.24) is 9.97 Å². The minimum atomic E-state index is -3.08. The minimum Gasteiger partial charge on any atom is -0.324 e. The summed E-state index contributed by atoms with van der Waals surface area (Å²) in [5, 5.41) is 3.21. The van der Waals surface area contributed by atoms with E-state index >= 15 is 0 Å². The molecule has 0 saturated heterocycles. The Hall–Kier alpha value is -3.46. The van der Waals surface area contributed by atoms with Gasteiger partial charge in [0.25, 0.3) is 0 Å². The van der Waals surface area contributed by atoms with E-state index < -0.39 is 9.84 Å². The number of hydrogen-bond acceptors (Lipinski definition) is 7. The zero-order valence-electron chi connectivity index (χ0n) is 20.4. The van der Waals surface area contributed by atoms with Gasteiger partial charge in [-0.1, -0.05) is 39.0 Å². The van der Waals surface area contributed by atoms with E-state index in [1.807, 2.05) is 23.1 Å². The first-order valence-electron chi connectivity index (χ1n) is 11.6. The molecule has 0 atom stereocenters. The van der Waals surface area contributed by atoms with Crippen LogP contribution in [0.25, 0.3) is 0 Å². The highest BCUT2D eigenvalue weighted by Gasteiger charge is 2.28. The van der Waals surface area contributed by atoms with Gasteiger partial charge in [-0.15, -0.1) is 0 Å². The Labute approximate surface area is 205 Å². The normalized spacial score (nSPS) is 17.1. The van der Waals surface area contributed by atoms with Gasteiger partial charge in [-0.05, 0) is 46.4 Å². The third-order valence-electron chi connectivity index (χ3n) is 6.55. The fourth-order valence-electron chi connectivity index (χ4n) is 4.50. The van der Waals surface area contributed by atoms with E-state index in [4.69, 9.17) is 4.98 Å². The maximum Gasteiger partial charge on any atom is 0.229 e. The predicted octanol–water partition coefficient (Wildman–Crippen LogP) is 4.45. The zero-order chi connectivity index (χ0) is 25.0. The van der Waals surface area contributed by atoms with Crippen molar-refractivity contribution in [2.75, 3.05) is 28.7 Å². The zero-order valence-corrected chi connectivity index (χ0v) is 21.2. The van der Waals surface area contributed by atoms with Crippen molar-refractivity contribution in [3.8, 4) is 0 Å². The molecule has 9 heteroatoms. The summed E-state index contributed by atoms with van der Waals surface area (Å²) in [5.41, 5.74) is 5.22. The molecule has 182 valence electrons. The van der Waals surface area contributed by atoms with Gasteiger partial charge in [-0.25, -0.2) is 13.4 Å². The van der Waals surface area contributed by atoms with Crippen LogP contribution in [0.15, 0.2) is 48.7 Å². The summed E-state index contributed by atoms with van der Waals surface area (Å²) in [6.07, 6.45) is 2.01. The van der Waals surface area contributed by atoms with Crippen LogP contribution in [0.3, 0.4) is 0 Å². The minimum absolute atomic E-state index is 0.00389. The van der Waals surface area contributed by atoms with Gasteiger partial charge >= 0.3 is 0 Å². The van der Waals surface area contributed by atoms with Gasteiger partial charge in [0.15, 0.2) is 15.7 Å². The summed E-state index contributed by atoms with van der Waals surface area (Å²) in [6.45, 7) is 7.03. The van der Waals surface area contributed by atoms with Gasteiger partial charge in [-0.2, -0.15) is 4.98 Å². The Morgan fingerprint density at radius 2 is 1.71 bits per heavy atom. The fourth-order valence-corrected chi connectivity index (χ4v) is 6.10. The third kappa shape index (κ3) is 4.60. The number of carbonyl (C=O) groups is 1. The Morgan fingerprint density at radius 1 is 1.00 bits per heavy atom. The molecule has 3 aromatic rings. The quantitative estimate of drug-likeness (QED) is 0.578. The molecular weight excluding hydrogens is 462 g/mol. The summed E-state index contributed by atoms with van der Waals surface area (Å²) in [4.78, 5) is 25.5. The number of benzene rings is 2. The topological polar surface area (TPSA) is 95.5 Å². The highest BCUT2D eigenvalue weighted by atomic mass is 32.2. The Bertz CT molecular complexity index is 1410. The van der Waals surface area contributed by atoms with Gasteiger partial charge in [0.1, 0.15) is 5.69 Å². The third-order valence-corrected chi connectivity index (χ3v) is 8.05. The van der Waals surface area contributed by atoms with Crippen LogP contribution in [0.1, 0.15) is 43.9 Å². The number of amides is 1. The lowest BCUT2D eigenvalue weighted by Gasteiger charge is -2.26. The number of nitrogens with one attached hydrogen (secondary N) is 1. The SMILES string of the molecule is CN1C(=O)CCN(c2ccc(C(C)(C)C)cc2)c2nc(Nc3ccc4c(c3)CS(=O)(=O)C4)ncc21. The molecular formula is C26H29N5O3S. The summed E-state index contributed by atoms with van der Waals surface area (Å²) in [7, 11) is -1.34. The van der Waals surface area contributed by atoms with Crippen LogP contribution in [0.4, 0.5) is 28.8 Å². The number of carbonyl (C=O) groups excluding carboxylic acids is 1. The van der Waals surface area contributed by atoms with Crippen LogP contribution in [-0.2, 0) is 31.6 Å². The molecule has 8 nitrogen and oxygen atoms in total. The number of rotatable bonds is 3. The lowest BCUT2D eigenvalue weighted by molar-refractivity contribution is -0.118. The summed E-state index contributed by atoms with van der Waals surface area (Å²) < 4.78 is 23.9. The molecule has 0 saturated carbocycles. The van der Waals surface area contributed by atoms with Crippen molar-refractivity contribution >= 4 is 44.6 Å². The average molecular weight is 492 g/mol. The monoisotopic (exact) mass is 491 g/mol. The van der Waals surface area contributed by atoms with E-state index in [2.05, 4.69) is 55.3 Å². The van der Waals surface area contributed by atoms with Crippen LogP contribution in [0.5, 0.6) is 0 Å². The Balaban J connectivity index is 1.50. The van der Waals surface area contributed by atoms with E-state index in [1.54, 1.807) is 18.1 Å². The first-order chi connectivity index (χ1) is 16.5. The molecule has 3 heterocycles. The highest BCUT2D eigenvalue weighted by molar-refractivity contribution is 7.90. The fraction of sp³-hybridized carbons (Fsp3) is 0.346. The van der Waals surface area contributed by atoms with Crippen molar-refractivity contribution in [1.29, 1.82) is 0 Å². The molecule has 2 aromatic carbocycles. The van der Waals surface area contributed by atoms with Gasteiger partial charge < -0.3 is 15.1 Å². The molecule has 1 aromatic heterocycles. The molecule has 0 bridgehead atoms. The molecule has 0 unspecified atom stereocenters. The van der Waals surface area contributed by atoms with E-state index in [9.17, 15) is 13.2 Å². The average Bonchev–Trinajstić information content (AvgIpc) is 3.05. The van der Waals surface area contributed by atoms with Crippen molar-refractivity contribution in [3.63, 3.8) is 0 Å². The maximum atomic E-state index is 12.7. The van der Waals surface area contributed by atoms with Gasteiger partial charge in [0.2, 0.25) is 11.9 Å². The predicted molar refractivity (Wildman–Crippen MR) is 138 cm³/mol. The van der Waals surface area contributed by atoms with Crippen LogP contribution >= 0.6 is 0 Å². The van der Waals surface area contributed by atoms with Crippen LogP contribution in [-0.4, -0.2) is 37.9 Å². The lowest BCUT2D eigenvalue weighted by atomic mass is 9.87. The van der Waals surface area contributed by atoms with Crippen molar-refractivity contribution in [2.45, 2.75) is 44.1 Å². The Kier molecular flexibility index (Phi) is 5.55. The number of fused-ring (bicyclic) bond motifs is 2. The standard InChI is InChI=1S/C26H29N5O3S/c1-26(2,3)19-6-9-21(10-7-19)31-12-11-23(32)30(4)22-14-27-25(29-24(22)31)28-20-8-5-17-15-35(33,34)16-18(17)13-20/h5-10,13-14H,11-12,15-16H2,1-4H3,(H,27,28,29). The van der Waals surface area contributed by atoms with Crippen LogP contribution in [0, 0.1) is 0 Å². The highest BCUT2D eigenvalue weighted by Crippen LogP contribution is 2.37. The molecule has 0 spiro atoms. The van der Waals surface area contributed by atoms with Crippen LogP contribution < -0.4 is 15.1 Å². The smallest absolute Gasteiger partial charge is 0.229 e. The molecule has 1 N–H and O–H groups in total. The van der Waals surface area contributed by atoms with Gasteiger partial charge in [0.05, 0.1) is 17.7 Å². The first-order valence-corrected chi connectivity index (χ1v) is 13.4. The van der Waals surface area contributed by atoms with E-state index in [0.717, 1.165) is 22.5 Å². The molecule has 1 amide bonds. The van der Waals surface area contributed by atoms with Gasteiger partial charge in [-0.3, -0.25) is 4.79 Å². The molecule has 5 rings (SSSR count). The molecule has 2 aliphatic rings. The Morgan fingerprint density at radius 3 is 2.43 bits per heavy atom. The van der Waals surface area contributed by atoms with E-state index in [0.29, 0.717) is 30.4 Å². The van der Waals surface area contributed by atoms with Crippen molar-refractivity contribution in [2.24, 2.45) is 0 Å². The van der Waals surface area contributed by atoms with E-state index in [-0.39, 0.29) is 22.8 Å². The molecule has 35 heavy (non-hydrogen) atoms. The number of sulfone groups is 1. The molecule has 0 fully saturated rings. The van der Waals surface area contributed by atoms with Crippen LogP contribution in [0.2, 0.25) is 0 Å². The summed E-state index contributed by atoms with van der Waals surface area (Å²) in [5.74, 6) is 1.16. The lowest BCUT2D eigenvalue weighted by Crippen LogP contribution is -2.25.